The number of nitrogens with zero attached hydrogens (tertiary/aromatic N) is 2. The van der Waals surface area contributed by atoms with Crippen molar-refractivity contribution >= 4 is 0 Å². The Morgan fingerprint density at radius 2 is 2.33 bits per heavy atom. The van der Waals surface area contributed by atoms with Gasteiger partial charge >= 0.3 is 0 Å². The van der Waals surface area contributed by atoms with Crippen LogP contribution in [0.1, 0.15) is 44.7 Å². The smallest absolute Gasteiger partial charge is 0.0514 e. The normalized spacial score (nSPS) is 24.1. The van der Waals surface area contributed by atoms with Crippen molar-refractivity contribution in [1.29, 1.82) is 0 Å². The number of pyridine rings is 1. The highest BCUT2D eigenvalue weighted by Gasteiger charge is 2.31. The molecule has 2 rings (SSSR count). The molecule has 0 saturated carbocycles. The van der Waals surface area contributed by atoms with Gasteiger partial charge in [-0.3, -0.25) is 9.88 Å². The fourth-order valence-corrected chi connectivity index (χ4v) is 2.95. The summed E-state index contributed by atoms with van der Waals surface area (Å²) in [5, 5.41) is 0. The van der Waals surface area contributed by atoms with Crippen molar-refractivity contribution in [1.82, 2.24) is 9.88 Å². The zero-order valence-corrected chi connectivity index (χ0v) is 11.5. The van der Waals surface area contributed by atoms with Gasteiger partial charge in [-0.1, -0.05) is 26.3 Å². The standard InChI is InChI=1S/C15H25N3/c1-3-12-7-9-18(11-12)15(14(16)4-2)13-6-5-8-17-10-13/h5-6,8,10,12,14-15H,3-4,7,9,11,16H2,1-2H3. The summed E-state index contributed by atoms with van der Waals surface area (Å²) in [5.74, 6) is 0.841. The summed E-state index contributed by atoms with van der Waals surface area (Å²) in [6.07, 6.45) is 7.39. The zero-order chi connectivity index (χ0) is 13.0. The van der Waals surface area contributed by atoms with Crippen LogP contribution in [0.4, 0.5) is 0 Å². The lowest BCUT2D eigenvalue weighted by Gasteiger charge is -2.32. The third-order valence-corrected chi connectivity index (χ3v) is 4.19. The molecule has 0 aliphatic carbocycles. The van der Waals surface area contributed by atoms with Crippen LogP contribution in [0.2, 0.25) is 0 Å². The fourth-order valence-electron chi connectivity index (χ4n) is 2.95. The van der Waals surface area contributed by atoms with Gasteiger partial charge in [-0.2, -0.15) is 0 Å². The van der Waals surface area contributed by atoms with E-state index in [0.717, 1.165) is 12.3 Å². The highest BCUT2D eigenvalue weighted by atomic mass is 15.2. The van der Waals surface area contributed by atoms with Gasteiger partial charge in [0.2, 0.25) is 0 Å². The molecule has 3 heteroatoms. The molecule has 3 atom stereocenters. The minimum atomic E-state index is 0.199. The summed E-state index contributed by atoms with van der Waals surface area (Å²) in [7, 11) is 0. The van der Waals surface area contributed by atoms with Gasteiger partial charge in [0.05, 0.1) is 6.04 Å². The highest BCUT2D eigenvalue weighted by molar-refractivity contribution is 5.17. The van der Waals surface area contributed by atoms with E-state index in [1.54, 1.807) is 0 Å². The third kappa shape index (κ3) is 2.90. The maximum atomic E-state index is 6.35. The van der Waals surface area contributed by atoms with Crippen molar-refractivity contribution in [3.63, 3.8) is 0 Å². The Balaban J connectivity index is 2.16. The highest BCUT2D eigenvalue weighted by Crippen LogP contribution is 2.31. The quantitative estimate of drug-likeness (QED) is 0.869. The van der Waals surface area contributed by atoms with Crippen LogP contribution in [0.25, 0.3) is 0 Å². The van der Waals surface area contributed by atoms with Gasteiger partial charge in [-0.05, 0) is 36.9 Å². The van der Waals surface area contributed by atoms with Crippen LogP contribution in [0.5, 0.6) is 0 Å². The summed E-state index contributed by atoms with van der Waals surface area (Å²) in [6.45, 7) is 6.81. The Bertz CT molecular complexity index is 352. The lowest BCUT2D eigenvalue weighted by Crippen LogP contribution is -2.39. The molecule has 3 unspecified atom stereocenters. The maximum absolute atomic E-state index is 6.35. The van der Waals surface area contributed by atoms with E-state index in [2.05, 4.69) is 29.8 Å². The third-order valence-electron chi connectivity index (χ3n) is 4.19. The Hall–Kier alpha value is -0.930. The molecule has 1 aromatic rings. The molecule has 0 spiro atoms. The van der Waals surface area contributed by atoms with E-state index in [-0.39, 0.29) is 6.04 Å². The van der Waals surface area contributed by atoms with Crippen LogP contribution in [0, 0.1) is 5.92 Å². The average molecular weight is 247 g/mol. The fraction of sp³-hybridized carbons (Fsp3) is 0.667. The van der Waals surface area contributed by atoms with Crippen LogP contribution in [0.15, 0.2) is 24.5 Å². The molecule has 18 heavy (non-hydrogen) atoms. The van der Waals surface area contributed by atoms with Crippen molar-refractivity contribution in [3.05, 3.63) is 30.1 Å². The number of rotatable bonds is 5. The first-order chi connectivity index (χ1) is 8.76. The number of hydrogen-bond donors (Lipinski definition) is 1. The zero-order valence-electron chi connectivity index (χ0n) is 11.5. The Morgan fingerprint density at radius 3 is 2.89 bits per heavy atom. The average Bonchev–Trinajstić information content (AvgIpc) is 2.88. The minimum Gasteiger partial charge on any atom is -0.326 e. The van der Waals surface area contributed by atoms with Gasteiger partial charge in [0.25, 0.3) is 0 Å². The van der Waals surface area contributed by atoms with Gasteiger partial charge in [0, 0.05) is 25.0 Å². The summed E-state index contributed by atoms with van der Waals surface area (Å²) in [5.41, 5.74) is 7.61. The molecule has 1 fully saturated rings. The lowest BCUT2D eigenvalue weighted by atomic mass is 9.98. The summed E-state index contributed by atoms with van der Waals surface area (Å²) < 4.78 is 0. The van der Waals surface area contributed by atoms with Crippen LogP contribution in [-0.4, -0.2) is 29.0 Å². The largest absolute Gasteiger partial charge is 0.326 e. The molecular weight excluding hydrogens is 222 g/mol. The molecule has 2 heterocycles. The van der Waals surface area contributed by atoms with E-state index in [4.69, 9.17) is 5.73 Å². The first-order valence-corrected chi connectivity index (χ1v) is 7.15. The van der Waals surface area contributed by atoms with Crippen molar-refractivity contribution < 1.29 is 0 Å². The van der Waals surface area contributed by atoms with Gasteiger partial charge in [-0.15, -0.1) is 0 Å². The number of hydrogen-bond acceptors (Lipinski definition) is 3. The predicted molar refractivity (Wildman–Crippen MR) is 75.2 cm³/mol. The van der Waals surface area contributed by atoms with Crippen LogP contribution in [-0.2, 0) is 0 Å². The Kier molecular flexibility index (Phi) is 4.72. The number of nitrogens with two attached hydrogens (primary N) is 1. The second kappa shape index (κ2) is 6.30. The molecule has 2 N–H and O–H groups in total. The molecule has 0 amide bonds. The Labute approximate surface area is 110 Å². The topological polar surface area (TPSA) is 42.2 Å². The second-order valence-electron chi connectivity index (χ2n) is 5.36. The molecule has 1 saturated heterocycles. The first kappa shape index (κ1) is 13.5. The summed E-state index contributed by atoms with van der Waals surface area (Å²) in [4.78, 5) is 6.81. The molecule has 100 valence electrons. The SMILES string of the molecule is CCC1CCN(C(c2cccnc2)C(N)CC)C1. The van der Waals surface area contributed by atoms with E-state index in [0.29, 0.717) is 6.04 Å². The monoisotopic (exact) mass is 247 g/mol. The van der Waals surface area contributed by atoms with E-state index < -0.39 is 0 Å². The molecule has 0 aromatic carbocycles. The molecule has 0 radical (unpaired) electrons. The molecule has 0 bridgehead atoms. The van der Waals surface area contributed by atoms with Crippen LogP contribution >= 0.6 is 0 Å². The molecular formula is C15H25N3. The van der Waals surface area contributed by atoms with Crippen LogP contribution in [0.3, 0.4) is 0 Å². The van der Waals surface area contributed by atoms with Gasteiger partial charge < -0.3 is 5.73 Å². The van der Waals surface area contributed by atoms with Crippen molar-refractivity contribution in [2.24, 2.45) is 11.7 Å². The van der Waals surface area contributed by atoms with Crippen molar-refractivity contribution in [2.75, 3.05) is 13.1 Å². The minimum absolute atomic E-state index is 0.199. The molecule has 1 aromatic heterocycles. The molecule has 3 nitrogen and oxygen atoms in total. The second-order valence-corrected chi connectivity index (χ2v) is 5.36. The van der Waals surface area contributed by atoms with Gasteiger partial charge in [-0.25, -0.2) is 0 Å². The number of likely N-dealkylation sites (tertiary alicyclic amines) is 1. The van der Waals surface area contributed by atoms with Gasteiger partial charge in [0.15, 0.2) is 0 Å². The van der Waals surface area contributed by atoms with Gasteiger partial charge in [0.1, 0.15) is 0 Å². The predicted octanol–water partition coefficient (Wildman–Crippen LogP) is 2.59. The van der Waals surface area contributed by atoms with E-state index in [1.165, 1.54) is 31.5 Å². The summed E-state index contributed by atoms with van der Waals surface area (Å²) in [6, 6.07) is 4.70. The molecule has 1 aliphatic rings. The van der Waals surface area contributed by atoms with Crippen molar-refractivity contribution in [3.8, 4) is 0 Å². The lowest BCUT2D eigenvalue weighted by molar-refractivity contribution is 0.201. The first-order valence-electron chi connectivity index (χ1n) is 7.15. The van der Waals surface area contributed by atoms with E-state index >= 15 is 0 Å². The maximum Gasteiger partial charge on any atom is 0.0514 e. The van der Waals surface area contributed by atoms with E-state index in [1.807, 2.05) is 18.5 Å². The van der Waals surface area contributed by atoms with Crippen molar-refractivity contribution in [2.45, 2.75) is 45.2 Å². The Morgan fingerprint density at radius 1 is 1.50 bits per heavy atom. The summed E-state index contributed by atoms with van der Waals surface area (Å²) >= 11 is 0. The molecule has 1 aliphatic heterocycles. The van der Waals surface area contributed by atoms with E-state index in [9.17, 15) is 0 Å². The number of aromatic nitrogens is 1. The van der Waals surface area contributed by atoms with Crippen LogP contribution < -0.4 is 5.73 Å².